The van der Waals surface area contributed by atoms with Crippen LogP contribution < -0.4 is 15.6 Å². The van der Waals surface area contributed by atoms with Crippen molar-refractivity contribution in [3.63, 3.8) is 0 Å². The Morgan fingerprint density at radius 2 is 1.90 bits per heavy atom. The number of aromatic nitrogens is 2. The highest BCUT2D eigenvalue weighted by Crippen LogP contribution is 2.24. The van der Waals surface area contributed by atoms with E-state index in [9.17, 15) is 14.0 Å². The van der Waals surface area contributed by atoms with Crippen molar-refractivity contribution in [3.8, 4) is 11.4 Å². The van der Waals surface area contributed by atoms with E-state index < -0.39 is 5.82 Å². The molecule has 1 N–H and O–H groups in total. The molecule has 0 saturated heterocycles. The van der Waals surface area contributed by atoms with E-state index in [4.69, 9.17) is 4.74 Å². The van der Waals surface area contributed by atoms with E-state index in [1.165, 1.54) is 40.2 Å². The zero-order valence-corrected chi connectivity index (χ0v) is 18.1. The Morgan fingerprint density at radius 3 is 2.61 bits per heavy atom. The number of carbonyl (C=O) groups is 1. The minimum atomic E-state index is -0.397. The summed E-state index contributed by atoms with van der Waals surface area (Å²) in [6.45, 7) is 2.47. The van der Waals surface area contributed by atoms with Gasteiger partial charge in [0.15, 0.2) is 5.16 Å². The maximum Gasteiger partial charge on any atom is 0.276 e. The highest BCUT2D eigenvalue weighted by molar-refractivity contribution is 7.99. The molecule has 0 atom stereocenters. The Morgan fingerprint density at radius 1 is 1.16 bits per heavy atom. The number of ether oxygens (including phenoxy) is 1. The summed E-state index contributed by atoms with van der Waals surface area (Å²) >= 11 is 2.44. The maximum atomic E-state index is 13.4. The van der Waals surface area contributed by atoms with Gasteiger partial charge in [-0.2, -0.15) is 0 Å². The molecule has 0 bridgehead atoms. The minimum Gasteiger partial charge on any atom is -0.494 e. The van der Waals surface area contributed by atoms with Crippen LogP contribution >= 0.6 is 23.1 Å². The quantitative estimate of drug-likeness (QED) is 0.323. The molecule has 158 valence electrons. The average Bonchev–Trinajstić information content (AvgIpc) is 3.24. The number of hydrogen-bond acceptors (Lipinski definition) is 6. The molecule has 0 unspecified atom stereocenters. The SMILES string of the molecule is CCOc1ccc(NC(=O)CSc2nc3ccsc3c(=O)n2-c2ccc(F)cc2)cc1. The lowest BCUT2D eigenvalue weighted by Gasteiger charge is -2.12. The Hall–Kier alpha value is -3.17. The number of benzene rings is 2. The standard InChI is InChI=1S/C22H18FN3O3S2/c1-2-29-17-9-5-15(6-10-17)24-19(27)13-31-22-25-18-11-12-30-20(18)21(28)26(22)16-7-3-14(23)4-8-16/h3-12H,2,13H2,1H3,(H,24,27). The lowest BCUT2D eigenvalue weighted by molar-refractivity contribution is -0.113. The molecule has 0 saturated carbocycles. The van der Waals surface area contributed by atoms with E-state index in [1.54, 1.807) is 35.7 Å². The number of nitrogens with zero attached hydrogens (tertiary/aromatic N) is 2. The lowest BCUT2D eigenvalue weighted by atomic mass is 10.3. The van der Waals surface area contributed by atoms with Crippen molar-refractivity contribution in [2.24, 2.45) is 0 Å². The number of anilines is 1. The number of halogens is 1. The van der Waals surface area contributed by atoms with Crippen molar-refractivity contribution in [1.29, 1.82) is 0 Å². The molecule has 31 heavy (non-hydrogen) atoms. The zero-order valence-electron chi connectivity index (χ0n) is 16.5. The Bertz CT molecular complexity index is 1270. The van der Waals surface area contributed by atoms with Crippen molar-refractivity contribution < 1.29 is 13.9 Å². The highest BCUT2D eigenvalue weighted by Gasteiger charge is 2.16. The van der Waals surface area contributed by atoms with Crippen LogP contribution in [0.25, 0.3) is 15.9 Å². The molecule has 0 fully saturated rings. The van der Waals surface area contributed by atoms with Crippen molar-refractivity contribution in [3.05, 3.63) is 76.1 Å². The second-order valence-corrected chi connectivity index (χ2v) is 8.30. The van der Waals surface area contributed by atoms with Crippen LogP contribution in [0.4, 0.5) is 10.1 Å². The van der Waals surface area contributed by atoms with Gasteiger partial charge in [0.1, 0.15) is 16.3 Å². The Labute approximate surface area is 185 Å². The third kappa shape index (κ3) is 4.78. The van der Waals surface area contributed by atoms with Crippen LogP contribution in [0.15, 0.2) is 69.9 Å². The summed E-state index contributed by atoms with van der Waals surface area (Å²) in [7, 11) is 0. The predicted octanol–water partition coefficient (Wildman–Crippen LogP) is 4.72. The molecule has 4 rings (SSSR count). The first-order valence-electron chi connectivity index (χ1n) is 9.47. The summed E-state index contributed by atoms with van der Waals surface area (Å²) < 4.78 is 20.7. The predicted molar refractivity (Wildman–Crippen MR) is 122 cm³/mol. The van der Waals surface area contributed by atoms with Gasteiger partial charge in [-0.15, -0.1) is 11.3 Å². The summed E-state index contributed by atoms with van der Waals surface area (Å²) in [4.78, 5) is 30.0. The zero-order chi connectivity index (χ0) is 21.8. The normalized spacial score (nSPS) is 10.9. The topological polar surface area (TPSA) is 73.2 Å². The highest BCUT2D eigenvalue weighted by atomic mass is 32.2. The molecule has 2 aromatic carbocycles. The number of amides is 1. The Balaban J connectivity index is 1.56. The van der Waals surface area contributed by atoms with Crippen molar-refractivity contribution in [2.45, 2.75) is 12.1 Å². The van der Waals surface area contributed by atoms with E-state index in [-0.39, 0.29) is 17.2 Å². The third-order valence-electron chi connectivity index (χ3n) is 4.32. The molecule has 0 radical (unpaired) electrons. The van der Waals surface area contributed by atoms with E-state index in [0.29, 0.717) is 33.4 Å². The fraction of sp³-hybridized carbons (Fsp3) is 0.136. The largest absolute Gasteiger partial charge is 0.494 e. The molecule has 0 aliphatic heterocycles. The minimum absolute atomic E-state index is 0.0521. The molecule has 4 aromatic rings. The molecule has 2 heterocycles. The summed E-state index contributed by atoms with van der Waals surface area (Å²) in [6.07, 6.45) is 0. The van der Waals surface area contributed by atoms with Crippen molar-refractivity contribution in [1.82, 2.24) is 9.55 Å². The second kappa shape index (κ2) is 9.32. The van der Waals surface area contributed by atoms with Crippen LogP contribution in [-0.4, -0.2) is 27.8 Å². The van der Waals surface area contributed by atoms with Crippen molar-refractivity contribution in [2.75, 3.05) is 17.7 Å². The van der Waals surface area contributed by atoms with Crippen LogP contribution in [0.5, 0.6) is 5.75 Å². The monoisotopic (exact) mass is 455 g/mol. The number of thiophene rings is 1. The number of thioether (sulfide) groups is 1. The first kappa shape index (κ1) is 21.1. The van der Waals surface area contributed by atoms with Crippen LogP contribution in [0.3, 0.4) is 0 Å². The van der Waals surface area contributed by atoms with Gasteiger partial charge in [0.25, 0.3) is 5.56 Å². The van der Waals surface area contributed by atoms with Gasteiger partial charge in [-0.05, 0) is 66.9 Å². The van der Waals surface area contributed by atoms with Crippen LogP contribution in [0.1, 0.15) is 6.92 Å². The number of rotatable bonds is 7. The first-order valence-corrected chi connectivity index (χ1v) is 11.3. The summed E-state index contributed by atoms with van der Waals surface area (Å²) in [6, 6.07) is 14.5. The van der Waals surface area contributed by atoms with Crippen LogP contribution in [-0.2, 0) is 4.79 Å². The van der Waals surface area contributed by atoms with Gasteiger partial charge < -0.3 is 10.1 Å². The average molecular weight is 456 g/mol. The molecular weight excluding hydrogens is 437 g/mol. The molecule has 0 aliphatic carbocycles. The summed E-state index contributed by atoms with van der Waals surface area (Å²) in [5.41, 5.74) is 1.46. The van der Waals surface area contributed by atoms with Crippen LogP contribution in [0, 0.1) is 5.82 Å². The van der Waals surface area contributed by atoms with Gasteiger partial charge in [0, 0.05) is 5.69 Å². The molecular formula is C22H18FN3O3S2. The molecule has 0 aliphatic rings. The van der Waals surface area contributed by atoms with Gasteiger partial charge in [0.2, 0.25) is 5.91 Å². The fourth-order valence-electron chi connectivity index (χ4n) is 2.94. The van der Waals surface area contributed by atoms with Gasteiger partial charge in [-0.3, -0.25) is 14.2 Å². The van der Waals surface area contributed by atoms with Crippen LogP contribution in [0.2, 0.25) is 0 Å². The van der Waals surface area contributed by atoms with Crippen molar-refractivity contribution >= 4 is 44.9 Å². The molecule has 0 spiro atoms. The second-order valence-electron chi connectivity index (χ2n) is 6.44. The maximum absolute atomic E-state index is 13.4. The third-order valence-corrected chi connectivity index (χ3v) is 6.15. The summed E-state index contributed by atoms with van der Waals surface area (Å²) in [5.74, 6) is 0.146. The van der Waals surface area contributed by atoms with Gasteiger partial charge in [-0.25, -0.2) is 9.37 Å². The Kier molecular flexibility index (Phi) is 6.34. The number of hydrogen-bond donors (Lipinski definition) is 1. The van der Waals surface area contributed by atoms with Gasteiger partial charge >= 0.3 is 0 Å². The smallest absolute Gasteiger partial charge is 0.276 e. The number of fused-ring (bicyclic) bond motifs is 1. The van der Waals surface area contributed by atoms with Gasteiger partial charge in [-0.1, -0.05) is 11.8 Å². The molecule has 1 amide bonds. The van der Waals surface area contributed by atoms with E-state index in [2.05, 4.69) is 10.3 Å². The summed E-state index contributed by atoms with van der Waals surface area (Å²) in [5, 5.41) is 4.97. The molecule has 2 aromatic heterocycles. The van der Waals surface area contributed by atoms with E-state index in [0.717, 1.165) is 17.5 Å². The number of carbonyl (C=O) groups excluding carboxylic acids is 1. The van der Waals surface area contributed by atoms with Gasteiger partial charge in [0.05, 0.1) is 23.6 Å². The lowest BCUT2D eigenvalue weighted by Crippen LogP contribution is -2.22. The molecule has 9 heteroatoms. The molecule has 6 nitrogen and oxygen atoms in total. The number of nitrogens with one attached hydrogen (secondary N) is 1. The van der Waals surface area contributed by atoms with E-state index >= 15 is 0 Å². The fourth-order valence-corrected chi connectivity index (χ4v) is 4.51. The van der Waals surface area contributed by atoms with E-state index in [1.807, 2.05) is 6.92 Å². The first-order chi connectivity index (χ1) is 15.0.